The van der Waals surface area contributed by atoms with Crippen LogP contribution in [0.1, 0.15) is 34.8 Å². The molecule has 2 aliphatic heterocycles. The van der Waals surface area contributed by atoms with Crippen LogP contribution in [0.3, 0.4) is 0 Å². The highest BCUT2D eigenvalue weighted by Crippen LogP contribution is 2.49. The van der Waals surface area contributed by atoms with E-state index in [1.165, 1.54) is 0 Å². The second-order valence-electron chi connectivity index (χ2n) is 9.82. The van der Waals surface area contributed by atoms with E-state index in [0.717, 1.165) is 53.1 Å². The molecule has 200 valence electrons. The first-order valence-corrected chi connectivity index (χ1v) is 15.2. The fourth-order valence-electron chi connectivity index (χ4n) is 5.22. The summed E-state index contributed by atoms with van der Waals surface area (Å²) in [5, 5.41) is 12.2. The molecule has 9 heteroatoms. The molecule has 0 spiro atoms. The number of aryl methyl sites for hydroxylation is 1. The van der Waals surface area contributed by atoms with Gasteiger partial charge in [0.2, 0.25) is 11.8 Å². The van der Waals surface area contributed by atoms with Gasteiger partial charge in [-0.2, -0.15) is 16.4 Å². The summed E-state index contributed by atoms with van der Waals surface area (Å²) in [6.45, 7) is 3.13. The summed E-state index contributed by atoms with van der Waals surface area (Å²) in [5.41, 5.74) is 5.78. The van der Waals surface area contributed by atoms with Gasteiger partial charge in [0.15, 0.2) is 0 Å². The standard InChI is InChI=1S/C30H30N4O3S2/c1-20-8-5-6-12-24(20)34-30-27(28(32-34)21-9-3-2-4-10-21)29(22-13-15-38-18-22)39-19-26(36)33(30)17-25(35)31-16-23-11-7-14-37-23/h2-6,8-10,12-13,15,18,23,29H,7,11,14,16-17,19H2,1H3,(H,31,35)/t23-,29-/m1/s1. The number of anilines is 1. The quantitative estimate of drug-likeness (QED) is 0.330. The molecule has 1 saturated heterocycles. The first kappa shape index (κ1) is 25.9. The number of rotatable bonds is 7. The maximum atomic E-state index is 13.8. The predicted molar refractivity (Wildman–Crippen MR) is 157 cm³/mol. The highest BCUT2D eigenvalue weighted by Gasteiger charge is 2.38. The van der Waals surface area contributed by atoms with Gasteiger partial charge >= 0.3 is 0 Å². The van der Waals surface area contributed by atoms with Crippen molar-refractivity contribution in [1.82, 2.24) is 15.1 Å². The largest absolute Gasteiger partial charge is 0.376 e. The Hall–Kier alpha value is -3.40. The molecular weight excluding hydrogens is 528 g/mol. The smallest absolute Gasteiger partial charge is 0.240 e. The Labute approximate surface area is 236 Å². The van der Waals surface area contributed by atoms with E-state index in [9.17, 15) is 9.59 Å². The van der Waals surface area contributed by atoms with Crippen LogP contribution in [-0.4, -0.2) is 53.1 Å². The van der Waals surface area contributed by atoms with Crippen LogP contribution in [-0.2, 0) is 14.3 Å². The van der Waals surface area contributed by atoms with Crippen molar-refractivity contribution in [2.45, 2.75) is 31.1 Å². The molecule has 2 atom stereocenters. The highest BCUT2D eigenvalue weighted by molar-refractivity contribution is 8.00. The monoisotopic (exact) mass is 558 g/mol. The van der Waals surface area contributed by atoms with Crippen molar-refractivity contribution in [3.8, 4) is 16.9 Å². The number of hydrogen-bond donors (Lipinski definition) is 1. The number of hydrogen-bond acceptors (Lipinski definition) is 6. The summed E-state index contributed by atoms with van der Waals surface area (Å²) in [4.78, 5) is 28.6. The first-order valence-electron chi connectivity index (χ1n) is 13.2. The van der Waals surface area contributed by atoms with E-state index in [1.807, 2.05) is 66.2 Å². The number of thiophene rings is 1. The summed E-state index contributed by atoms with van der Waals surface area (Å²) in [5.74, 6) is 0.598. The lowest BCUT2D eigenvalue weighted by atomic mass is 10.0. The van der Waals surface area contributed by atoms with Gasteiger partial charge in [0.25, 0.3) is 0 Å². The van der Waals surface area contributed by atoms with E-state index in [4.69, 9.17) is 9.84 Å². The lowest BCUT2D eigenvalue weighted by molar-refractivity contribution is -0.123. The van der Waals surface area contributed by atoms with Gasteiger partial charge in [0, 0.05) is 24.3 Å². The molecule has 4 heterocycles. The summed E-state index contributed by atoms with van der Waals surface area (Å²) in [6, 6.07) is 20.2. The molecule has 0 radical (unpaired) electrons. The Morgan fingerprint density at radius 3 is 2.69 bits per heavy atom. The normalized spacial score (nSPS) is 19.1. The third kappa shape index (κ3) is 5.26. The van der Waals surface area contributed by atoms with Gasteiger partial charge in [-0.1, -0.05) is 48.5 Å². The van der Waals surface area contributed by atoms with Crippen molar-refractivity contribution in [3.05, 3.63) is 88.1 Å². The molecule has 1 N–H and O–H groups in total. The molecule has 6 rings (SSSR count). The molecule has 2 aromatic heterocycles. The Kier molecular flexibility index (Phi) is 7.54. The molecular formula is C30H30N4O3S2. The maximum Gasteiger partial charge on any atom is 0.240 e. The molecule has 0 bridgehead atoms. The number of nitrogens with zero attached hydrogens (tertiary/aromatic N) is 3. The zero-order valence-corrected chi connectivity index (χ0v) is 23.3. The highest BCUT2D eigenvalue weighted by atomic mass is 32.2. The van der Waals surface area contributed by atoms with E-state index in [0.29, 0.717) is 12.4 Å². The number of carbonyl (C=O) groups is 2. The van der Waals surface area contributed by atoms with Crippen molar-refractivity contribution in [2.24, 2.45) is 0 Å². The number of para-hydroxylation sites is 1. The van der Waals surface area contributed by atoms with Crippen LogP contribution in [0.5, 0.6) is 0 Å². The van der Waals surface area contributed by atoms with E-state index in [1.54, 1.807) is 28.0 Å². The topological polar surface area (TPSA) is 76.5 Å². The first-order chi connectivity index (χ1) is 19.1. The van der Waals surface area contributed by atoms with Crippen molar-refractivity contribution >= 4 is 40.7 Å². The summed E-state index contributed by atoms with van der Waals surface area (Å²) in [6.07, 6.45) is 1.98. The number of fused-ring (bicyclic) bond motifs is 1. The number of benzene rings is 2. The van der Waals surface area contributed by atoms with Gasteiger partial charge in [-0.3, -0.25) is 14.5 Å². The number of nitrogens with one attached hydrogen (secondary N) is 1. The lowest BCUT2D eigenvalue weighted by Crippen LogP contribution is -2.44. The zero-order valence-electron chi connectivity index (χ0n) is 21.7. The molecule has 0 saturated carbocycles. The van der Waals surface area contributed by atoms with Crippen LogP contribution in [0.25, 0.3) is 16.9 Å². The molecule has 2 aromatic carbocycles. The van der Waals surface area contributed by atoms with Crippen LogP contribution < -0.4 is 10.2 Å². The minimum absolute atomic E-state index is 0.0325. The van der Waals surface area contributed by atoms with Gasteiger partial charge in [-0.25, -0.2) is 4.68 Å². The van der Waals surface area contributed by atoms with Crippen LogP contribution in [0.15, 0.2) is 71.4 Å². The van der Waals surface area contributed by atoms with Crippen LogP contribution in [0.4, 0.5) is 5.82 Å². The second-order valence-corrected chi connectivity index (χ2v) is 11.7. The second kappa shape index (κ2) is 11.4. The van der Waals surface area contributed by atoms with E-state index >= 15 is 0 Å². The molecule has 7 nitrogen and oxygen atoms in total. The molecule has 0 aliphatic carbocycles. The van der Waals surface area contributed by atoms with Gasteiger partial charge in [0.1, 0.15) is 12.4 Å². The lowest BCUT2D eigenvalue weighted by Gasteiger charge is -2.24. The molecule has 1 fully saturated rings. The molecule has 2 amide bonds. The fraction of sp³-hybridized carbons (Fsp3) is 0.300. The Balaban J connectivity index is 1.51. The predicted octanol–water partition coefficient (Wildman–Crippen LogP) is 5.37. The third-order valence-corrected chi connectivity index (χ3v) is 9.13. The molecule has 4 aromatic rings. The van der Waals surface area contributed by atoms with E-state index in [2.05, 4.69) is 22.1 Å². The summed E-state index contributed by atoms with van der Waals surface area (Å²) >= 11 is 3.23. The number of thioether (sulfide) groups is 1. The third-order valence-electron chi connectivity index (χ3n) is 7.18. The fourth-order valence-corrected chi connectivity index (χ4v) is 7.18. The van der Waals surface area contributed by atoms with Gasteiger partial charge < -0.3 is 10.1 Å². The number of aromatic nitrogens is 2. The minimum Gasteiger partial charge on any atom is -0.376 e. The SMILES string of the molecule is Cc1ccccc1-n1nc(-c2ccccc2)c2c1N(CC(=O)NC[C@H]1CCCO1)C(=O)CS[C@@H]2c1ccsc1. The van der Waals surface area contributed by atoms with Gasteiger partial charge in [-0.05, 0) is 53.8 Å². The summed E-state index contributed by atoms with van der Waals surface area (Å²) < 4.78 is 7.54. The Bertz CT molecular complexity index is 1460. The number of carbonyl (C=O) groups excluding carboxylic acids is 2. The van der Waals surface area contributed by atoms with Gasteiger partial charge in [-0.15, -0.1) is 11.8 Å². The molecule has 39 heavy (non-hydrogen) atoms. The van der Waals surface area contributed by atoms with Crippen molar-refractivity contribution < 1.29 is 14.3 Å². The molecule has 0 unspecified atom stereocenters. The number of ether oxygens (including phenoxy) is 1. The Morgan fingerprint density at radius 1 is 1.13 bits per heavy atom. The van der Waals surface area contributed by atoms with Crippen molar-refractivity contribution in [1.29, 1.82) is 0 Å². The number of amides is 2. The van der Waals surface area contributed by atoms with E-state index < -0.39 is 0 Å². The van der Waals surface area contributed by atoms with Crippen LogP contribution in [0, 0.1) is 6.92 Å². The zero-order chi connectivity index (χ0) is 26.8. The Morgan fingerprint density at radius 2 is 1.95 bits per heavy atom. The summed E-state index contributed by atoms with van der Waals surface area (Å²) in [7, 11) is 0. The van der Waals surface area contributed by atoms with Crippen molar-refractivity contribution in [2.75, 3.05) is 30.3 Å². The maximum absolute atomic E-state index is 13.8. The van der Waals surface area contributed by atoms with E-state index in [-0.39, 0.29) is 35.5 Å². The van der Waals surface area contributed by atoms with Crippen LogP contribution in [0.2, 0.25) is 0 Å². The van der Waals surface area contributed by atoms with Gasteiger partial charge in [0.05, 0.1) is 28.5 Å². The molecule has 2 aliphatic rings. The minimum atomic E-state index is -0.206. The van der Waals surface area contributed by atoms with Crippen molar-refractivity contribution in [3.63, 3.8) is 0 Å². The average molecular weight is 559 g/mol. The average Bonchev–Trinajstić information content (AvgIpc) is 3.73. The van der Waals surface area contributed by atoms with Crippen LogP contribution >= 0.6 is 23.1 Å².